The summed E-state index contributed by atoms with van der Waals surface area (Å²) in [5.41, 5.74) is 0.705. The van der Waals surface area contributed by atoms with E-state index < -0.39 is 17.3 Å². The maximum absolute atomic E-state index is 14.9. The Morgan fingerprint density at radius 3 is 2.54 bits per heavy atom. The van der Waals surface area contributed by atoms with Crippen molar-refractivity contribution in [1.29, 1.82) is 0 Å². The summed E-state index contributed by atoms with van der Waals surface area (Å²) in [6, 6.07) is 6.92. The molecular formula is C18H20FIN2O2. The number of benzene rings is 1. The van der Waals surface area contributed by atoms with E-state index in [0.717, 1.165) is 0 Å². The highest BCUT2D eigenvalue weighted by atomic mass is 127. The van der Waals surface area contributed by atoms with Crippen LogP contribution in [0.3, 0.4) is 0 Å². The summed E-state index contributed by atoms with van der Waals surface area (Å²) in [5, 5.41) is 12.7. The Kier molecular flexibility index (Phi) is 5.59. The summed E-state index contributed by atoms with van der Waals surface area (Å²) >= 11 is 1.94. The van der Waals surface area contributed by atoms with Crippen molar-refractivity contribution >= 4 is 34.2 Å². The van der Waals surface area contributed by atoms with Crippen LogP contribution < -0.4 is 5.32 Å². The second-order valence-corrected chi connectivity index (χ2v) is 7.77. The van der Waals surface area contributed by atoms with Gasteiger partial charge in [-0.1, -0.05) is 39.0 Å². The lowest BCUT2D eigenvalue weighted by atomic mass is 9.95. The highest BCUT2D eigenvalue weighted by Crippen LogP contribution is 2.33. The highest BCUT2D eigenvalue weighted by molar-refractivity contribution is 14.1. The van der Waals surface area contributed by atoms with Crippen molar-refractivity contribution in [2.24, 2.45) is 5.41 Å². The molecule has 0 fully saturated rings. The van der Waals surface area contributed by atoms with Crippen LogP contribution >= 0.6 is 22.6 Å². The first-order valence-corrected chi connectivity index (χ1v) is 8.63. The quantitative estimate of drug-likeness (QED) is 0.687. The van der Waals surface area contributed by atoms with Crippen LogP contribution in [0.2, 0.25) is 0 Å². The number of aliphatic hydroxyl groups is 1. The minimum Gasteiger partial charge on any atom is -0.389 e. The van der Waals surface area contributed by atoms with Crippen LogP contribution in [-0.2, 0) is 4.79 Å². The zero-order chi connectivity index (χ0) is 18.1. The van der Waals surface area contributed by atoms with Gasteiger partial charge in [-0.25, -0.2) is 4.39 Å². The lowest BCUT2D eigenvalue weighted by Crippen LogP contribution is -2.27. The predicted octanol–water partition coefficient (Wildman–Crippen LogP) is 4.53. The van der Waals surface area contributed by atoms with Crippen LogP contribution in [0.5, 0.6) is 0 Å². The summed E-state index contributed by atoms with van der Waals surface area (Å²) in [5.74, 6) is -0.744. The topological polar surface area (TPSA) is 62.2 Å². The van der Waals surface area contributed by atoms with E-state index in [4.69, 9.17) is 0 Å². The molecule has 4 nitrogen and oxygen atoms in total. The van der Waals surface area contributed by atoms with E-state index in [0.29, 0.717) is 14.8 Å². The van der Waals surface area contributed by atoms with Gasteiger partial charge in [0.15, 0.2) is 5.82 Å². The SMILES string of the molecule is CC(O)c1c(I)cnc(-c2ccccc2NC(=O)C(C)(C)C)c1F. The van der Waals surface area contributed by atoms with Gasteiger partial charge in [0, 0.05) is 26.3 Å². The van der Waals surface area contributed by atoms with Gasteiger partial charge in [0.1, 0.15) is 5.69 Å². The Morgan fingerprint density at radius 2 is 1.96 bits per heavy atom. The summed E-state index contributed by atoms with van der Waals surface area (Å²) in [4.78, 5) is 16.4. The number of carbonyl (C=O) groups excluding carboxylic acids is 1. The van der Waals surface area contributed by atoms with Crippen molar-refractivity contribution < 1.29 is 14.3 Å². The molecule has 0 saturated heterocycles. The van der Waals surface area contributed by atoms with E-state index in [1.54, 1.807) is 45.0 Å². The monoisotopic (exact) mass is 442 g/mol. The van der Waals surface area contributed by atoms with Gasteiger partial charge >= 0.3 is 0 Å². The average Bonchev–Trinajstić information content (AvgIpc) is 2.47. The number of aliphatic hydroxyl groups excluding tert-OH is 1. The van der Waals surface area contributed by atoms with Gasteiger partial charge in [-0.05, 0) is 35.6 Å². The third-order valence-corrected chi connectivity index (χ3v) is 4.40. The number of para-hydroxylation sites is 1. The number of amides is 1. The standard InChI is InChI=1S/C18H20FIN2O2/c1-10(23)14-12(20)9-21-16(15(14)19)11-7-5-6-8-13(11)22-17(24)18(2,3)4/h5-10,23H,1-4H3,(H,22,24). The average molecular weight is 442 g/mol. The lowest BCUT2D eigenvalue weighted by molar-refractivity contribution is -0.123. The Hall–Kier alpha value is -1.54. The van der Waals surface area contributed by atoms with E-state index in [-0.39, 0.29) is 17.2 Å². The molecule has 2 aromatic rings. The third kappa shape index (κ3) is 3.92. The Balaban J connectivity index is 2.55. The molecule has 0 aliphatic heterocycles. The highest BCUT2D eigenvalue weighted by Gasteiger charge is 2.24. The van der Waals surface area contributed by atoms with E-state index in [1.165, 1.54) is 13.1 Å². The summed E-state index contributed by atoms with van der Waals surface area (Å²) in [6.45, 7) is 6.93. The molecule has 0 saturated carbocycles. The fraction of sp³-hybridized carbons (Fsp3) is 0.333. The molecule has 0 aliphatic carbocycles. The molecule has 1 amide bonds. The van der Waals surface area contributed by atoms with Crippen LogP contribution in [-0.4, -0.2) is 16.0 Å². The molecule has 2 N–H and O–H groups in total. The summed E-state index contributed by atoms with van der Waals surface area (Å²) in [7, 11) is 0. The molecule has 0 aliphatic rings. The Bertz CT molecular complexity index is 770. The van der Waals surface area contributed by atoms with E-state index in [9.17, 15) is 14.3 Å². The van der Waals surface area contributed by atoms with Crippen LogP contribution in [0.25, 0.3) is 11.3 Å². The molecular weight excluding hydrogens is 422 g/mol. The molecule has 1 heterocycles. The van der Waals surface area contributed by atoms with E-state index in [2.05, 4.69) is 10.3 Å². The van der Waals surface area contributed by atoms with Gasteiger partial charge in [0.2, 0.25) is 5.91 Å². The number of rotatable bonds is 3. The van der Waals surface area contributed by atoms with Crippen molar-refractivity contribution in [2.75, 3.05) is 5.32 Å². The molecule has 0 spiro atoms. The first-order valence-electron chi connectivity index (χ1n) is 7.55. The zero-order valence-corrected chi connectivity index (χ0v) is 16.2. The first kappa shape index (κ1) is 18.8. The second-order valence-electron chi connectivity index (χ2n) is 6.61. The van der Waals surface area contributed by atoms with Gasteiger partial charge in [0.25, 0.3) is 0 Å². The Labute approximate surface area is 154 Å². The van der Waals surface area contributed by atoms with Crippen molar-refractivity contribution in [3.8, 4) is 11.3 Å². The number of hydrogen-bond acceptors (Lipinski definition) is 3. The van der Waals surface area contributed by atoms with E-state index >= 15 is 0 Å². The normalized spacial score (nSPS) is 12.8. The van der Waals surface area contributed by atoms with Gasteiger partial charge in [-0.15, -0.1) is 0 Å². The minimum absolute atomic E-state index is 0.108. The van der Waals surface area contributed by atoms with Gasteiger partial charge in [-0.2, -0.15) is 0 Å². The van der Waals surface area contributed by atoms with Gasteiger partial charge in [0.05, 0.1) is 11.8 Å². The van der Waals surface area contributed by atoms with Crippen molar-refractivity contribution in [3.63, 3.8) is 0 Å². The molecule has 24 heavy (non-hydrogen) atoms. The lowest BCUT2D eigenvalue weighted by Gasteiger charge is -2.20. The molecule has 6 heteroatoms. The smallest absolute Gasteiger partial charge is 0.229 e. The largest absolute Gasteiger partial charge is 0.389 e. The number of halogens is 2. The number of nitrogens with one attached hydrogen (secondary N) is 1. The maximum atomic E-state index is 14.9. The molecule has 1 atom stereocenters. The van der Waals surface area contributed by atoms with Crippen molar-refractivity contribution in [1.82, 2.24) is 4.98 Å². The minimum atomic E-state index is -0.949. The fourth-order valence-electron chi connectivity index (χ4n) is 2.16. The Morgan fingerprint density at radius 1 is 1.33 bits per heavy atom. The van der Waals surface area contributed by atoms with Crippen molar-refractivity contribution in [2.45, 2.75) is 33.8 Å². The number of hydrogen-bond donors (Lipinski definition) is 2. The van der Waals surface area contributed by atoms with E-state index in [1.807, 2.05) is 22.6 Å². The molecule has 2 rings (SSSR count). The molecule has 0 bridgehead atoms. The number of carbonyl (C=O) groups is 1. The van der Waals surface area contributed by atoms with Gasteiger partial charge < -0.3 is 10.4 Å². The molecule has 1 aromatic carbocycles. The maximum Gasteiger partial charge on any atom is 0.229 e. The van der Waals surface area contributed by atoms with Crippen LogP contribution in [0.1, 0.15) is 39.4 Å². The number of anilines is 1. The summed E-state index contributed by atoms with van der Waals surface area (Å²) < 4.78 is 15.4. The predicted molar refractivity (Wildman–Crippen MR) is 101 cm³/mol. The van der Waals surface area contributed by atoms with Crippen LogP contribution in [0.4, 0.5) is 10.1 Å². The molecule has 1 aromatic heterocycles. The zero-order valence-electron chi connectivity index (χ0n) is 14.0. The first-order chi connectivity index (χ1) is 11.1. The number of pyridine rings is 1. The second kappa shape index (κ2) is 7.14. The van der Waals surface area contributed by atoms with Crippen LogP contribution in [0, 0.1) is 14.8 Å². The third-order valence-electron chi connectivity index (χ3n) is 3.54. The number of nitrogens with zero attached hydrogens (tertiary/aromatic N) is 1. The molecule has 0 radical (unpaired) electrons. The van der Waals surface area contributed by atoms with Crippen molar-refractivity contribution in [3.05, 3.63) is 45.4 Å². The van der Waals surface area contributed by atoms with Crippen LogP contribution in [0.15, 0.2) is 30.5 Å². The number of aromatic nitrogens is 1. The molecule has 128 valence electrons. The molecule has 1 unspecified atom stereocenters. The summed E-state index contributed by atoms with van der Waals surface area (Å²) in [6.07, 6.45) is 0.568. The fourth-order valence-corrected chi connectivity index (χ4v) is 2.99. The van der Waals surface area contributed by atoms with Gasteiger partial charge in [-0.3, -0.25) is 9.78 Å².